The molecule has 1 aromatic heterocycles. The van der Waals surface area contributed by atoms with Crippen molar-refractivity contribution in [1.82, 2.24) is 15.3 Å². The summed E-state index contributed by atoms with van der Waals surface area (Å²) in [4.78, 5) is 20.5. The molecule has 0 aliphatic carbocycles. The van der Waals surface area contributed by atoms with Crippen LogP contribution in [0.4, 0.5) is 11.5 Å². The van der Waals surface area contributed by atoms with Crippen LogP contribution in [0.3, 0.4) is 0 Å². The number of halogens is 2. The molecule has 0 unspecified atom stereocenters. The minimum absolute atomic E-state index is 0.241. The average molecular weight is 373 g/mol. The Kier molecular flexibility index (Phi) is 5.48. The van der Waals surface area contributed by atoms with Gasteiger partial charge in [0.05, 0.1) is 12.4 Å². The fourth-order valence-electron chi connectivity index (χ4n) is 2.10. The van der Waals surface area contributed by atoms with Gasteiger partial charge in [0.25, 0.3) is 5.91 Å². The number of nitrogens with one attached hydrogen (secondary N) is 2. The van der Waals surface area contributed by atoms with Crippen LogP contribution in [0, 0.1) is 0 Å². The molecule has 0 saturated carbocycles. The summed E-state index contributed by atoms with van der Waals surface area (Å²) in [5, 5.41) is 7.14. The molecule has 25 heavy (non-hydrogen) atoms. The molecule has 126 valence electrons. The lowest BCUT2D eigenvalue weighted by Gasteiger charge is -2.07. The number of amides is 1. The second kappa shape index (κ2) is 7.96. The summed E-state index contributed by atoms with van der Waals surface area (Å²) in [5.74, 6) is 0.230. The van der Waals surface area contributed by atoms with E-state index in [4.69, 9.17) is 23.2 Å². The molecule has 1 heterocycles. The molecule has 2 N–H and O–H groups in total. The van der Waals surface area contributed by atoms with Crippen LogP contribution >= 0.6 is 23.2 Å². The van der Waals surface area contributed by atoms with Gasteiger partial charge in [-0.3, -0.25) is 4.79 Å². The third kappa shape index (κ3) is 4.92. The highest BCUT2D eigenvalue weighted by atomic mass is 35.5. The first-order valence-corrected chi connectivity index (χ1v) is 8.23. The highest BCUT2D eigenvalue weighted by Crippen LogP contribution is 2.18. The topological polar surface area (TPSA) is 66.9 Å². The van der Waals surface area contributed by atoms with Crippen molar-refractivity contribution in [1.29, 1.82) is 0 Å². The summed E-state index contributed by atoms with van der Waals surface area (Å²) in [6.07, 6.45) is 2.92. The quantitative estimate of drug-likeness (QED) is 0.693. The second-order valence-corrected chi connectivity index (χ2v) is 6.10. The van der Waals surface area contributed by atoms with Crippen molar-refractivity contribution in [2.75, 3.05) is 5.32 Å². The monoisotopic (exact) mass is 372 g/mol. The molecule has 3 aromatic rings. The molecule has 0 aliphatic heterocycles. The van der Waals surface area contributed by atoms with Crippen LogP contribution in [0.5, 0.6) is 0 Å². The molecular formula is C18H14Cl2N4O. The maximum atomic E-state index is 12.1. The molecule has 0 aliphatic rings. The third-order valence-electron chi connectivity index (χ3n) is 3.35. The first kappa shape index (κ1) is 17.2. The summed E-state index contributed by atoms with van der Waals surface area (Å²) < 4.78 is 0. The van der Waals surface area contributed by atoms with Crippen LogP contribution in [-0.4, -0.2) is 15.9 Å². The number of carbonyl (C=O) groups excluding carboxylic acids is 1. The number of anilines is 2. The zero-order valence-electron chi connectivity index (χ0n) is 13.0. The number of benzene rings is 2. The van der Waals surface area contributed by atoms with Crippen molar-refractivity contribution in [2.24, 2.45) is 0 Å². The lowest BCUT2D eigenvalue weighted by Crippen LogP contribution is -2.24. The number of aromatic nitrogens is 2. The summed E-state index contributed by atoms with van der Waals surface area (Å²) in [6, 6.07) is 14.5. The van der Waals surface area contributed by atoms with Crippen LogP contribution in [0.2, 0.25) is 10.0 Å². The molecule has 5 nitrogen and oxygen atoms in total. The zero-order valence-corrected chi connectivity index (χ0v) is 14.6. The highest BCUT2D eigenvalue weighted by Gasteiger charge is 2.08. The first-order chi connectivity index (χ1) is 12.1. The molecule has 3 rings (SSSR count). The van der Waals surface area contributed by atoms with Crippen LogP contribution < -0.4 is 10.6 Å². The number of rotatable bonds is 5. The summed E-state index contributed by atoms with van der Waals surface area (Å²) in [5.41, 5.74) is 1.98. The number of hydrogen-bond donors (Lipinski definition) is 2. The van der Waals surface area contributed by atoms with Crippen molar-refractivity contribution in [2.45, 2.75) is 6.54 Å². The van der Waals surface area contributed by atoms with E-state index in [1.807, 2.05) is 24.3 Å². The van der Waals surface area contributed by atoms with Crippen LogP contribution in [0.25, 0.3) is 0 Å². The molecule has 0 atom stereocenters. The third-order valence-corrected chi connectivity index (χ3v) is 3.83. The molecule has 1 amide bonds. The van der Waals surface area contributed by atoms with Crippen molar-refractivity contribution < 1.29 is 4.79 Å². The van der Waals surface area contributed by atoms with E-state index in [0.717, 1.165) is 11.3 Å². The standard InChI is InChI=1S/C18H14Cl2N4O/c19-13-6-4-12(5-7-13)9-23-18(25)16-10-22-17(11-21-16)24-15-3-1-2-14(20)8-15/h1-8,10-11H,9H2,(H,22,24)(H,23,25). The van der Waals surface area contributed by atoms with Crippen molar-refractivity contribution in [3.63, 3.8) is 0 Å². The number of nitrogens with zero attached hydrogens (tertiary/aromatic N) is 2. The Morgan fingerprint density at radius 3 is 2.44 bits per heavy atom. The lowest BCUT2D eigenvalue weighted by molar-refractivity contribution is 0.0945. The normalized spacial score (nSPS) is 10.3. The number of carbonyl (C=O) groups is 1. The van der Waals surface area contributed by atoms with Gasteiger partial charge in [-0.15, -0.1) is 0 Å². The molecule has 0 saturated heterocycles. The van der Waals surface area contributed by atoms with E-state index in [2.05, 4.69) is 20.6 Å². The van der Waals surface area contributed by atoms with Crippen molar-refractivity contribution in [3.8, 4) is 0 Å². The van der Waals surface area contributed by atoms with E-state index >= 15 is 0 Å². The Hall–Kier alpha value is -2.63. The largest absolute Gasteiger partial charge is 0.347 e. The minimum Gasteiger partial charge on any atom is -0.347 e. The van der Waals surface area contributed by atoms with Gasteiger partial charge in [-0.2, -0.15) is 0 Å². The Morgan fingerprint density at radius 1 is 0.960 bits per heavy atom. The predicted molar refractivity (Wildman–Crippen MR) is 99.4 cm³/mol. The molecular weight excluding hydrogens is 359 g/mol. The van der Waals surface area contributed by atoms with Crippen molar-refractivity contribution in [3.05, 3.63) is 82.2 Å². The van der Waals surface area contributed by atoms with Gasteiger partial charge in [-0.25, -0.2) is 9.97 Å². The van der Waals surface area contributed by atoms with Crippen LogP contribution in [0.15, 0.2) is 60.9 Å². The second-order valence-electron chi connectivity index (χ2n) is 5.23. The van der Waals surface area contributed by atoms with E-state index in [1.165, 1.54) is 12.4 Å². The van der Waals surface area contributed by atoms with Gasteiger partial charge in [0.1, 0.15) is 11.5 Å². The molecule has 2 aromatic carbocycles. The first-order valence-electron chi connectivity index (χ1n) is 7.47. The van der Waals surface area contributed by atoms with Gasteiger partial charge in [0, 0.05) is 22.3 Å². The van der Waals surface area contributed by atoms with E-state index in [0.29, 0.717) is 22.4 Å². The average Bonchev–Trinajstić information content (AvgIpc) is 2.62. The van der Waals surface area contributed by atoms with E-state index in [9.17, 15) is 4.79 Å². The maximum Gasteiger partial charge on any atom is 0.271 e. The molecule has 0 fully saturated rings. The summed E-state index contributed by atoms with van der Waals surface area (Å²) in [6.45, 7) is 0.389. The van der Waals surface area contributed by atoms with Crippen LogP contribution in [-0.2, 0) is 6.54 Å². The van der Waals surface area contributed by atoms with Gasteiger partial charge in [-0.1, -0.05) is 41.4 Å². The summed E-state index contributed by atoms with van der Waals surface area (Å²) >= 11 is 11.8. The fraction of sp³-hybridized carbons (Fsp3) is 0.0556. The predicted octanol–water partition coefficient (Wildman–Crippen LogP) is 4.46. The Bertz CT molecular complexity index is 867. The van der Waals surface area contributed by atoms with Gasteiger partial charge >= 0.3 is 0 Å². The summed E-state index contributed by atoms with van der Waals surface area (Å²) in [7, 11) is 0. The SMILES string of the molecule is O=C(NCc1ccc(Cl)cc1)c1cnc(Nc2cccc(Cl)c2)cn1. The van der Waals surface area contributed by atoms with Gasteiger partial charge in [-0.05, 0) is 35.9 Å². The molecule has 0 spiro atoms. The Labute approximate surface area is 155 Å². The van der Waals surface area contributed by atoms with Gasteiger partial charge in [0.2, 0.25) is 0 Å². The smallest absolute Gasteiger partial charge is 0.271 e. The minimum atomic E-state index is -0.295. The highest BCUT2D eigenvalue weighted by molar-refractivity contribution is 6.31. The zero-order chi connectivity index (χ0) is 17.6. The lowest BCUT2D eigenvalue weighted by atomic mass is 10.2. The fourth-order valence-corrected chi connectivity index (χ4v) is 2.42. The molecule has 0 bridgehead atoms. The molecule has 0 radical (unpaired) electrons. The van der Waals surface area contributed by atoms with E-state index in [-0.39, 0.29) is 11.6 Å². The van der Waals surface area contributed by atoms with Gasteiger partial charge in [0.15, 0.2) is 0 Å². The van der Waals surface area contributed by atoms with Gasteiger partial charge < -0.3 is 10.6 Å². The Morgan fingerprint density at radius 2 is 1.76 bits per heavy atom. The van der Waals surface area contributed by atoms with E-state index in [1.54, 1.807) is 24.3 Å². The van der Waals surface area contributed by atoms with Crippen LogP contribution in [0.1, 0.15) is 16.1 Å². The number of hydrogen-bond acceptors (Lipinski definition) is 4. The Balaban J connectivity index is 1.59. The molecule has 7 heteroatoms. The maximum absolute atomic E-state index is 12.1. The van der Waals surface area contributed by atoms with E-state index < -0.39 is 0 Å². The van der Waals surface area contributed by atoms with Crippen molar-refractivity contribution >= 4 is 40.6 Å².